The molecule has 1 unspecified atom stereocenters. The molecule has 2 heterocycles. The van der Waals surface area contributed by atoms with Crippen LogP contribution in [0.5, 0.6) is 0 Å². The van der Waals surface area contributed by atoms with Gasteiger partial charge in [0.2, 0.25) is 0 Å². The number of nitrogens with one attached hydrogen (secondary N) is 1. The average Bonchev–Trinajstić information content (AvgIpc) is 2.97. The van der Waals surface area contributed by atoms with E-state index < -0.39 is 0 Å². The molecule has 0 fully saturated rings. The first-order chi connectivity index (χ1) is 8.74. The monoisotopic (exact) mass is 265 g/mol. The Morgan fingerprint density at radius 1 is 1.44 bits per heavy atom. The van der Waals surface area contributed by atoms with Gasteiger partial charge in [0, 0.05) is 17.3 Å². The minimum absolute atomic E-state index is 0.286. The lowest BCUT2D eigenvalue weighted by Crippen LogP contribution is -2.23. The average molecular weight is 265 g/mol. The van der Waals surface area contributed by atoms with Gasteiger partial charge in [0.1, 0.15) is 0 Å². The molecule has 2 aromatic heterocycles. The third-order valence-corrected chi connectivity index (χ3v) is 3.94. The van der Waals surface area contributed by atoms with Crippen molar-refractivity contribution in [2.45, 2.75) is 32.7 Å². The molecule has 2 rings (SSSR count). The van der Waals surface area contributed by atoms with Crippen molar-refractivity contribution in [1.29, 1.82) is 0 Å². The van der Waals surface area contributed by atoms with Gasteiger partial charge >= 0.3 is 0 Å². The number of hydrogen-bond acceptors (Lipinski definition) is 5. The smallest absolute Gasteiger partial charge is 0.176 e. The first-order valence-corrected chi connectivity index (χ1v) is 7.15. The van der Waals surface area contributed by atoms with E-state index >= 15 is 0 Å². The van der Waals surface area contributed by atoms with Crippen molar-refractivity contribution in [2.75, 3.05) is 6.54 Å². The van der Waals surface area contributed by atoms with Crippen molar-refractivity contribution < 1.29 is 0 Å². The first kappa shape index (κ1) is 13.2. The summed E-state index contributed by atoms with van der Waals surface area (Å²) in [7, 11) is 1.79. The molecule has 0 aromatic carbocycles. The third-order valence-electron chi connectivity index (χ3n) is 2.87. The zero-order valence-electron chi connectivity index (χ0n) is 11.1. The maximum atomic E-state index is 4.26. The topological polar surface area (TPSA) is 55.6 Å². The molecule has 0 aliphatic rings. The number of likely N-dealkylation sites (N-methyl/N-ethyl adjacent to an activating group) is 1. The van der Waals surface area contributed by atoms with Crippen LogP contribution < -0.4 is 5.32 Å². The molecule has 5 nitrogen and oxygen atoms in total. The van der Waals surface area contributed by atoms with E-state index in [1.807, 2.05) is 0 Å². The molecular weight excluding hydrogens is 246 g/mol. The molecule has 0 amide bonds. The molecule has 1 N–H and O–H groups in total. The predicted molar refractivity (Wildman–Crippen MR) is 72.6 cm³/mol. The van der Waals surface area contributed by atoms with E-state index in [0.29, 0.717) is 0 Å². The second-order valence-corrected chi connectivity index (χ2v) is 5.12. The number of thiophene rings is 1. The molecule has 0 bridgehead atoms. The van der Waals surface area contributed by atoms with Crippen molar-refractivity contribution in [3.8, 4) is 0 Å². The van der Waals surface area contributed by atoms with E-state index in [2.05, 4.69) is 46.0 Å². The maximum Gasteiger partial charge on any atom is 0.176 e. The predicted octanol–water partition coefficient (Wildman–Crippen LogP) is 1.73. The molecule has 1 atom stereocenters. The molecule has 2 aromatic rings. The molecule has 0 radical (unpaired) electrons. The fourth-order valence-corrected chi connectivity index (χ4v) is 3.11. The lowest BCUT2D eigenvalue weighted by Gasteiger charge is -2.16. The van der Waals surface area contributed by atoms with Gasteiger partial charge in [-0.05, 0) is 35.2 Å². The molecule has 18 heavy (non-hydrogen) atoms. The number of nitrogens with zero attached hydrogens (tertiary/aromatic N) is 4. The van der Waals surface area contributed by atoms with Gasteiger partial charge in [0.25, 0.3) is 0 Å². The standard InChI is InChI=1S/C12H19N5S/c1-4-9-6-7-18-12(9)10(13-5-2)8-11-14-16-17(3)15-11/h6-7,10,13H,4-5,8H2,1-3H3. The zero-order chi connectivity index (χ0) is 13.0. The first-order valence-electron chi connectivity index (χ1n) is 6.27. The SMILES string of the molecule is CCNC(Cc1nnn(C)n1)c1sccc1CC. The van der Waals surface area contributed by atoms with Crippen LogP contribution in [0.2, 0.25) is 0 Å². The molecule has 6 heteroatoms. The van der Waals surface area contributed by atoms with Crippen LogP contribution in [-0.4, -0.2) is 26.8 Å². The second-order valence-electron chi connectivity index (χ2n) is 4.17. The van der Waals surface area contributed by atoms with Crippen molar-refractivity contribution in [2.24, 2.45) is 7.05 Å². The Morgan fingerprint density at radius 2 is 2.28 bits per heavy atom. The van der Waals surface area contributed by atoms with E-state index in [1.54, 1.807) is 18.4 Å². The van der Waals surface area contributed by atoms with Crippen LogP contribution in [0.15, 0.2) is 11.4 Å². The molecule has 0 saturated carbocycles. The van der Waals surface area contributed by atoms with E-state index in [-0.39, 0.29) is 6.04 Å². The fraction of sp³-hybridized carbons (Fsp3) is 0.583. The highest BCUT2D eigenvalue weighted by Crippen LogP contribution is 2.27. The highest BCUT2D eigenvalue weighted by Gasteiger charge is 2.18. The number of aromatic nitrogens is 4. The van der Waals surface area contributed by atoms with Crippen molar-refractivity contribution >= 4 is 11.3 Å². The van der Waals surface area contributed by atoms with Crippen molar-refractivity contribution in [3.63, 3.8) is 0 Å². The van der Waals surface area contributed by atoms with Gasteiger partial charge < -0.3 is 5.32 Å². The van der Waals surface area contributed by atoms with Crippen molar-refractivity contribution in [3.05, 3.63) is 27.7 Å². The Labute approximate surface area is 111 Å². The summed E-state index contributed by atoms with van der Waals surface area (Å²) in [4.78, 5) is 2.90. The Morgan fingerprint density at radius 3 is 2.89 bits per heavy atom. The molecule has 0 spiro atoms. The van der Waals surface area contributed by atoms with Gasteiger partial charge in [-0.25, -0.2) is 0 Å². The largest absolute Gasteiger partial charge is 0.309 e. The van der Waals surface area contributed by atoms with Gasteiger partial charge in [-0.15, -0.1) is 21.5 Å². The number of tetrazole rings is 1. The van der Waals surface area contributed by atoms with E-state index in [0.717, 1.165) is 25.2 Å². The van der Waals surface area contributed by atoms with Gasteiger partial charge in [0.15, 0.2) is 5.82 Å². The quantitative estimate of drug-likeness (QED) is 0.864. The highest BCUT2D eigenvalue weighted by molar-refractivity contribution is 7.10. The van der Waals surface area contributed by atoms with Crippen LogP contribution in [0, 0.1) is 0 Å². The normalized spacial score (nSPS) is 12.8. The van der Waals surface area contributed by atoms with Gasteiger partial charge in [-0.2, -0.15) is 4.80 Å². The van der Waals surface area contributed by atoms with Gasteiger partial charge in [-0.3, -0.25) is 0 Å². The molecule has 0 saturated heterocycles. The lowest BCUT2D eigenvalue weighted by molar-refractivity contribution is 0.539. The van der Waals surface area contributed by atoms with Crippen molar-refractivity contribution in [1.82, 2.24) is 25.5 Å². The van der Waals surface area contributed by atoms with E-state index in [1.165, 1.54) is 15.2 Å². The Balaban J connectivity index is 2.17. The fourth-order valence-electron chi connectivity index (χ4n) is 2.04. The Bertz CT molecular complexity index is 490. The number of hydrogen-bond donors (Lipinski definition) is 1. The summed E-state index contributed by atoms with van der Waals surface area (Å²) in [5, 5.41) is 17.9. The van der Waals surface area contributed by atoms with Crippen LogP contribution in [0.1, 0.15) is 36.2 Å². The number of aryl methyl sites for hydroxylation is 2. The van der Waals surface area contributed by atoms with Crippen LogP contribution >= 0.6 is 11.3 Å². The summed E-state index contributed by atoms with van der Waals surface area (Å²) in [6.07, 6.45) is 1.85. The van der Waals surface area contributed by atoms with Crippen LogP contribution in [-0.2, 0) is 19.9 Å². The molecular formula is C12H19N5S. The Hall–Kier alpha value is -1.27. The summed E-state index contributed by atoms with van der Waals surface area (Å²) in [5.41, 5.74) is 1.41. The number of rotatable bonds is 6. The lowest BCUT2D eigenvalue weighted by atomic mass is 10.1. The summed E-state index contributed by atoms with van der Waals surface area (Å²) in [5.74, 6) is 0.791. The van der Waals surface area contributed by atoms with Crippen LogP contribution in [0.25, 0.3) is 0 Å². The minimum Gasteiger partial charge on any atom is -0.309 e. The highest BCUT2D eigenvalue weighted by atomic mass is 32.1. The summed E-state index contributed by atoms with van der Waals surface area (Å²) < 4.78 is 0. The third kappa shape index (κ3) is 2.94. The van der Waals surface area contributed by atoms with Gasteiger partial charge in [0.05, 0.1) is 7.05 Å². The minimum atomic E-state index is 0.286. The van der Waals surface area contributed by atoms with Gasteiger partial charge in [-0.1, -0.05) is 13.8 Å². The maximum absolute atomic E-state index is 4.26. The van der Waals surface area contributed by atoms with E-state index in [9.17, 15) is 0 Å². The Kier molecular flexibility index (Phi) is 4.43. The van der Waals surface area contributed by atoms with Crippen LogP contribution in [0.3, 0.4) is 0 Å². The summed E-state index contributed by atoms with van der Waals surface area (Å²) in [6, 6.07) is 2.49. The summed E-state index contributed by atoms with van der Waals surface area (Å²) >= 11 is 1.80. The van der Waals surface area contributed by atoms with E-state index in [4.69, 9.17) is 0 Å². The molecule has 0 aliphatic heterocycles. The second kappa shape index (κ2) is 6.06. The molecule has 0 aliphatic carbocycles. The van der Waals surface area contributed by atoms with Crippen LogP contribution in [0.4, 0.5) is 0 Å². The zero-order valence-corrected chi connectivity index (χ0v) is 11.9. The molecule has 98 valence electrons. The summed E-state index contributed by atoms with van der Waals surface area (Å²) in [6.45, 7) is 5.25.